The van der Waals surface area contributed by atoms with Gasteiger partial charge in [0.05, 0.1) is 15.1 Å². The van der Waals surface area contributed by atoms with E-state index >= 15 is 0 Å². The molecule has 0 unspecified atom stereocenters. The first-order valence-corrected chi connectivity index (χ1v) is 6.84. The topological polar surface area (TPSA) is 47.8 Å². The monoisotopic (exact) mass is 395 g/mol. The van der Waals surface area contributed by atoms with Gasteiger partial charge < -0.3 is 0 Å². The summed E-state index contributed by atoms with van der Waals surface area (Å²) in [5.41, 5.74) is 0.643. The van der Waals surface area contributed by atoms with E-state index in [-0.39, 0.29) is 5.56 Å². The quantitative estimate of drug-likeness (QED) is 0.580. The molecule has 0 bridgehead atoms. The summed E-state index contributed by atoms with van der Waals surface area (Å²) in [7, 11) is 0. The molecule has 0 aliphatic rings. The molecule has 2 aromatic heterocycles. The zero-order valence-corrected chi connectivity index (χ0v) is 13.0. The molecule has 18 heavy (non-hydrogen) atoms. The van der Waals surface area contributed by atoms with Gasteiger partial charge in [0.1, 0.15) is 11.0 Å². The van der Waals surface area contributed by atoms with E-state index in [1.165, 1.54) is 0 Å². The molecule has 7 heteroatoms. The lowest BCUT2D eigenvalue weighted by Crippen LogP contribution is -2.26. The first kappa shape index (κ1) is 13.8. The highest BCUT2D eigenvalue weighted by Crippen LogP contribution is 2.19. The Morgan fingerprint density at radius 2 is 2.06 bits per heavy atom. The maximum absolute atomic E-state index is 12.0. The zero-order chi connectivity index (χ0) is 13.3. The minimum Gasteiger partial charge on any atom is -0.291 e. The minimum atomic E-state index is -0.0888. The van der Waals surface area contributed by atoms with Gasteiger partial charge in [-0.05, 0) is 35.6 Å². The summed E-state index contributed by atoms with van der Waals surface area (Å²) in [4.78, 5) is 20.1. The maximum atomic E-state index is 12.0. The second-order valence-corrected chi connectivity index (χ2v) is 5.60. The molecule has 0 fully saturated rings. The molecule has 2 rings (SSSR count). The third-order valence-electron chi connectivity index (χ3n) is 2.43. The number of halogens is 3. The lowest BCUT2D eigenvalue weighted by molar-refractivity contribution is 0.693. The molecule has 0 aromatic carbocycles. The summed E-state index contributed by atoms with van der Waals surface area (Å²) >= 11 is 13.7. The molecule has 0 spiro atoms. The van der Waals surface area contributed by atoms with E-state index in [4.69, 9.17) is 23.2 Å². The molecule has 2 aromatic rings. The van der Waals surface area contributed by atoms with Crippen LogP contribution in [0.4, 0.5) is 0 Å². The van der Waals surface area contributed by atoms with Crippen LogP contribution in [0.2, 0.25) is 10.2 Å². The fourth-order valence-corrected chi connectivity index (χ4v) is 2.32. The SMILES string of the molecule is Cc1ncc(I)c(=O)n1Cc1cnc(Cl)cc1Cl. The predicted octanol–water partition coefficient (Wildman–Crippen LogP) is 2.91. The summed E-state index contributed by atoms with van der Waals surface area (Å²) in [6.45, 7) is 2.10. The number of aryl methyl sites for hydroxylation is 1. The van der Waals surface area contributed by atoms with Crippen molar-refractivity contribution in [3.8, 4) is 0 Å². The average molecular weight is 396 g/mol. The smallest absolute Gasteiger partial charge is 0.267 e. The van der Waals surface area contributed by atoms with Crippen molar-refractivity contribution in [1.29, 1.82) is 0 Å². The summed E-state index contributed by atoms with van der Waals surface area (Å²) in [6.07, 6.45) is 3.12. The van der Waals surface area contributed by atoms with Crippen LogP contribution in [0, 0.1) is 10.5 Å². The molecule has 0 radical (unpaired) electrons. The number of hydrogen-bond acceptors (Lipinski definition) is 3. The van der Waals surface area contributed by atoms with Crippen molar-refractivity contribution in [2.75, 3.05) is 0 Å². The predicted molar refractivity (Wildman–Crippen MR) is 79.3 cm³/mol. The van der Waals surface area contributed by atoms with Crippen LogP contribution in [0.5, 0.6) is 0 Å². The standard InChI is InChI=1S/C11H8Cl2IN3O/c1-6-15-4-9(14)11(18)17(6)5-7-3-16-10(13)2-8(7)12/h2-4H,5H2,1H3. The van der Waals surface area contributed by atoms with Crippen LogP contribution in [0.3, 0.4) is 0 Å². The molecule has 4 nitrogen and oxygen atoms in total. The van der Waals surface area contributed by atoms with Crippen molar-refractivity contribution < 1.29 is 0 Å². The Bertz CT molecular complexity index is 657. The Labute approximate surface area is 127 Å². The van der Waals surface area contributed by atoms with Crippen molar-refractivity contribution in [3.05, 3.63) is 53.9 Å². The van der Waals surface area contributed by atoms with Crippen LogP contribution in [0.25, 0.3) is 0 Å². The van der Waals surface area contributed by atoms with Crippen LogP contribution in [0.15, 0.2) is 23.3 Å². The van der Waals surface area contributed by atoms with E-state index in [0.29, 0.717) is 26.1 Å². The van der Waals surface area contributed by atoms with Gasteiger partial charge in [0.2, 0.25) is 0 Å². The molecule has 0 aliphatic carbocycles. The highest BCUT2D eigenvalue weighted by atomic mass is 127. The van der Waals surface area contributed by atoms with Gasteiger partial charge in [-0.1, -0.05) is 23.2 Å². The highest BCUT2D eigenvalue weighted by Gasteiger charge is 2.09. The summed E-state index contributed by atoms with van der Waals surface area (Å²) < 4.78 is 2.12. The van der Waals surface area contributed by atoms with E-state index in [1.807, 2.05) is 22.6 Å². The van der Waals surface area contributed by atoms with E-state index < -0.39 is 0 Å². The van der Waals surface area contributed by atoms with Gasteiger partial charge in [-0.25, -0.2) is 9.97 Å². The van der Waals surface area contributed by atoms with Gasteiger partial charge >= 0.3 is 0 Å². The number of nitrogens with zero attached hydrogens (tertiary/aromatic N) is 3. The third-order valence-corrected chi connectivity index (χ3v) is 3.73. The molecule has 0 atom stereocenters. The largest absolute Gasteiger partial charge is 0.291 e. The molecule has 0 saturated carbocycles. The first-order chi connectivity index (χ1) is 8.49. The Balaban J connectivity index is 2.46. The molecule has 0 amide bonds. The third kappa shape index (κ3) is 2.84. The van der Waals surface area contributed by atoms with E-state index in [0.717, 1.165) is 5.56 Å². The molecule has 0 saturated heterocycles. The molecular weight excluding hydrogens is 388 g/mol. The molecule has 94 valence electrons. The summed E-state index contributed by atoms with van der Waals surface area (Å²) in [6, 6.07) is 1.56. The van der Waals surface area contributed by atoms with E-state index in [1.54, 1.807) is 30.0 Å². The number of pyridine rings is 1. The molecule has 0 N–H and O–H groups in total. The van der Waals surface area contributed by atoms with Gasteiger partial charge in [-0.15, -0.1) is 0 Å². The van der Waals surface area contributed by atoms with Crippen LogP contribution in [-0.4, -0.2) is 14.5 Å². The van der Waals surface area contributed by atoms with Crippen molar-refractivity contribution in [1.82, 2.24) is 14.5 Å². The second-order valence-electron chi connectivity index (χ2n) is 3.64. The van der Waals surface area contributed by atoms with Gasteiger partial charge in [0.15, 0.2) is 0 Å². The summed E-state index contributed by atoms with van der Waals surface area (Å²) in [5.74, 6) is 0.631. The van der Waals surface area contributed by atoms with Crippen molar-refractivity contribution in [3.63, 3.8) is 0 Å². The second kappa shape index (κ2) is 5.54. The van der Waals surface area contributed by atoms with Crippen LogP contribution in [0.1, 0.15) is 11.4 Å². The molecule has 2 heterocycles. The lowest BCUT2D eigenvalue weighted by Gasteiger charge is -2.10. The van der Waals surface area contributed by atoms with Gasteiger partial charge in [-0.2, -0.15) is 0 Å². The van der Waals surface area contributed by atoms with E-state index in [9.17, 15) is 4.79 Å². The zero-order valence-electron chi connectivity index (χ0n) is 9.32. The van der Waals surface area contributed by atoms with Gasteiger partial charge in [-0.3, -0.25) is 9.36 Å². The van der Waals surface area contributed by atoms with Crippen molar-refractivity contribution in [2.45, 2.75) is 13.5 Å². The van der Waals surface area contributed by atoms with Gasteiger partial charge in [0, 0.05) is 18.0 Å². The minimum absolute atomic E-state index is 0.0888. The molecular formula is C11H8Cl2IN3O. The van der Waals surface area contributed by atoms with Crippen molar-refractivity contribution in [2.24, 2.45) is 0 Å². The fourth-order valence-electron chi connectivity index (χ4n) is 1.46. The van der Waals surface area contributed by atoms with Crippen molar-refractivity contribution >= 4 is 45.8 Å². The number of hydrogen-bond donors (Lipinski definition) is 0. The molecule has 0 aliphatic heterocycles. The van der Waals surface area contributed by atoms with Crippen LogP contribution in [-0.2, 0) is 6.54 Å². The normalized spacial score (nSPS) is 10.7. The summed E-state index contributed by atoms with van der Waals surface area (Å²) in [5, 5.41) is 0.814. The highest BCUT2D eigenvalue weighted by molar-refractivity contribution is 14.1. The van der Waals surface area contributed by atoms with E-state index in [2.05, 4.69) is 9.97 Å². The number of aromatic nitrogens is 3. The average Bonchev–Trinajstić information content (AvgIpc) is 2.32. The first-order valence-electron chi connectivity index (χ1n) is 5.01. The Morgan fingerprint density at radius 1 is 1.33 bits per heavy atom. The van der Waals surface area contributed by atoms with Gasteiger partial charge in [0.25, 0.3) is 5.56 Å². The number of rotatable bonds is 2. The maximum Gasteiger partial charge on any atom is 0.267 e. The van der Waals surface area contributed by atoms with Crippen LogP contribution < -0.4 is 5.56 Å². The van der Waals surface area contributed by atoms with Crippen LogP contribution >= 0.6 is 45.8 Å². The Morgan fingerprint density at radius 3 is 2.72 bits per heavy atom. The Kier molecular flexibility index (Phi) is 4.24. The lowest BCUT2D eigenvalue weighted by atomic mass is 10.3. The fraction of sp³-hybridized carbons (Fsp3) is 0.182. The Hall–Kier alpha value is -0.660.